The Bertz CT molecular complexity index is 576. The quantitative estimate of drug-likeness (QED) is 0.372. The highest BCUT2D eigenvalue weighted by molar-refractivity contribution is 7.89. The summed E-state index contributed by atoms with van der Waals surface area (Å²) in [6.45, 7) is -0.342. The normalized spacial score (nSPS) is 13.0. The summed E-state index contributed by atoms with van der Waals surface area (Å²) in [6.07, 6.45) is 0. The van der Waals surface area contributed by atoms with Crippen LogP contribution in [0.25, 0.3) is 0 Å². The summed E-state index contributed by atoms with van der Waals surface area (Å²) in [5.74, 6) is -1.02. The fraction of sp³-hybridized carbons (Fsp3) is 0.222. The Morgan fingerprint density at radius 2 is 2.22 bits per heavy atom. The van der Waals surface area contributed by atoms with Gasteiger partial charge in [0, 0.05) is 7.05 Å². The summed E-state index contributed by atoms with van der Waals surface area (Å²) >= 11 is 5.71. The molecule has 0 saturated heterocycles. The summed E-state index contributed by atoms with van der Waals surface area (Å²) in [5, 5.41) is 10.9. The van der Waals surface area contributed by atoms with E-state index in [1.807, 2.05) is 0 Å². The standard InChI is InChI=1S/C9H11ClFN3O3S/c1-14(5-9(12)13-15)18(16,17)8-4-6(11)2-3-7(8)10/h2-4,15H,5H2,1H3,(H2,12,13). The minimum atomic E-state index is -4.01. The number of sulfonamides is 1. The number of halogens is 2. The third-order valence-corrected chi connectivity index (χ3v) is 4.38. The molecule has 3 N–H and O–H groups in total. The summed E-state index contributed by atoms with van der Waals surface area (Å²) in [7, 11) is -2.80. The molecule has 0 radical (unpaired) electrons. The number of nitrogens with two attached hydrogens (primary N) is 1. The molecule has 0 unspecified atom stereocenters. The molecule has 0 aliphatic heterocycles. The van der Waals surface area contributed by atoms with Crippen LogP contribution in [0.2, 0.25) is 5.02 Å². The fourth-order valence-corrected chi connectivity index (χ4v) is 2.81. The molecule has 1 aromatic carbocycles. The van der Waals surface area contributed by atoms with Crippen molar-refractivity contribution in [1.29, 1.82) is 0 Å². The highest BCUT2D eigenvalue weighted by Crippen LogP contribution is 2.24. The van der Waals surface area contributed by atoms with E-state index in [2.05, 4.69) is 5.16 Å². The summed E-state index contributed by atoms with van der Waals surface area (Å²) in [6, 6.07) is 2.99. The van der Waals surface area contributed by atoms with Gasteiger partial charge >= 0.3 is 0 Å². The molecule has 0 aliphatic rings. The first-order valence-electron chi connectivity index (χ1n) is 4.67. The van der Waals surface area contributed by atoms with Crippen LogP contribution in [0.3, 0.4) is 0 Å². The molecule has 18 heavy (non-hydrogen) atoms. The van der Waals surface area contributed by atoms with Crippen molar-refractivity contribution in [3.05, 3.63) is 29.0 Å². The Morgan fingerprint density at radius 1 is 1.61 bits per heavy atom. The molecular formula is C9H11ClFN3O3S. The lowest BCUT2D eigenvalue weighted by Gasteiger charge is -2.17. The maximum atomic E-state index is 13.0. The summed E-state index contributed by atoms with van der Waals surface area (Å²) < 4.78 is 37.9. The van der Waals surface area contributed by atoms with Crippen molar-refractivity contribution < 1.29 is 18.0 Å². The molecule has 1 aromatic rings. The zero-order valence-corrected chi connectivity index (χ0v) is 10.9. The van der Waals surface area contributed by atoms with E-state index in [1.165, 1.54) is 7.05 Å². The molecule has 1 rings (SSSR count). The van der Waals surface area contributed by atoms with Gasteiger partial charge in [0.1, 0.15) is 10.7 Å². The van der Waals surface area contributed by atoms with Crippen LogP contribution in [0.4, 0.5) is 4.39 Å². The van der Waals surface area contributed by atoms with Crippen LogP contribution in [0.5, 0.6) is 0 Å². The van der Waals surface area contributed by atoms with E-state index in [-0.39, 0.29) is 22.3 Å². The van der Waals surface area contributed by atoms with Gasteiger partial charge in [-0.05, 0) is 18.2 Å². The van der Waals surface area contributed by atoms with Crippen molar-refractivity contribution in [2.24, 2.45) is 10.9 Å². The SMILES string of the molecule is CN(C/C(N)=N/O)S(=O)(=O)c1cc(F)ccc1Cl. The lowest BCUT2D eigenvalue weighted by molar-refractivity contribution is 0.315. The first-order chi connectivity index (χ1) is 8.28. The van der Waals surface area contributed by atoms with Gasteiger partial charge in [0.2, 0.25) is 10.0 Å². The monoisotopic (exact) mass is 295 g/mol. The molecule has 0 heterocycles. The second kappa shape index (κ2) is 5.51. The van der Waals surface area contributed by atoms with Gasteiger partial charge in [0.05, 0.1) is 11.6 Å². The maximum absolute atomic E-state index is 13.0. The number of oxime groups is 1. The largest absolute Gasteiger partial charge is 0.409 e. The first kappa shape index (κ1) is 14.7. The molecule has 6 nitrogen and oxygen atoms in total. The lowest BCUT2D eigenvalue weighted by atomic mass is 10.3. The average Bonchev–Trinajstić information content (AvgIpc) is 2.31. The van der Waals surface area contributed by atoms with Crippen molar-refractivity contribution in [2.75, 3.05) is 13.6 Å². The van der Waals surface area contributed by atoms with Gasteiger partial charge in [-0.3, -0.25) is 0 Å². The third kappa shape index (κ3) is 3.09. The molecule has 0 fully saturated rings. The molecule has 0 aromatic heterocycles. The highest BCUT2D eigenvalue weighted by atomic mass is 35.5. The minimum absolute atomic E-state index is 0.109. The Kier molecular flexibility index (Phi) is 4.49. The van der Waals surface area contributed by atoms with Crippen LogP contribution < -0.4 is 5.73 Å². The van der Waals surface area contributed by atoms with E-state index >= 15 is 0 Å². The summed E-state index contributed by atoms with van der Waals surface area (Å²) in [4.78, 5) is -0.377. The molecule has 0 spiro atoms. The Morgan fingerprint density at radius 3 is 2.78 bits per heavy atom. The van der Waals surface area contributed by atoms with E-state index in [9.17, 15) is 12.8 Å². The zero-order valence-electron chi connectivity index (χ0n) is 9.34. The van der Waals surface area contributed by atoms with Crippen molar-refractivity contribution in [2.45, 2.75) is 4.90 Å². The predicted octanol–water partition coefficient (Wildman–Crippen LogP) is 0.846. The van der Waals surface area contributed by atoms with Crippen LogP contribution in [0.15, 0.2) is 28.3 Å². The Hall–Kier alpha value is -1.38. The van der Waals surface area contributed by atoms with E-state index < -0.39 is 15.8 Å². The number of hydrogen-bond donors (Lipinski definition) is 2. The van der Waals surface area contributed by atoms with Crippen molar-refractivity contribution in [3.8, 4) is 0 Å². The van der Waals surface area contributed by atoms with E-state index in [4.69, 9.17) is 22.5 Å². The number of likely N-dealkylation sites (N-methyl/N-ethyl adjacent to an activating group) is 1. The van der Waals surface area contributed by atoms with Crippen molar-refractivity contribution >= 4 is 27.5 Å². The number of hydrogen-bond acceptors (Lipinski definition) is 4. The summed E-state index contributed by atoms with van der Waals surface area (Å²) in [5.41, 5.74) is 5.20. The Balaban J connectivity index is 3.17. The second-order valence-corrected chi connectivity index (χ2v) is 5.85. The maximum Gasteiger partial charge on any atom is 0.244 e. The number of rotatable bonds is 4. The van der Waals surface area contributed by atoms with Crippen LogP contribution in [0.1, 0.15) is 0 Å². The van der Waals surface area contributed by atoms with Gasteiger partial charge in [0.15, 0.2) is 5.84 Å². The van der Waals surface area contributed by atoms with Gasteiger partial charge in [-0.2, -0.15) is 4.31 Å². The van der Waals surface area contributed by atoms with Gasteiger partial charge in [-0.15, -0.1) is 0 Å². The van der Waals surface area contributed by atoms with Crippen LogP contribution in [0, 0.1) is 5.82 Å². The highest BCUT2D eigenvalue weighted by Gasteiger charge is 2.24. The average molecular weight is 296 g/mol. The van der Waals surface area contributed by atoms with Gasteiger partial charge in [-0.1, -0.05) is 16.8 Å². The van der Waals surface area contributed by atoms with Gasteiger partial charge < -0.3 is 10.9 Å². The molecule has 0 amide bonds. The van der Waals surface area contributed by atoms with Gasteiger partial charge in [0.25, 0.3) is 0 Å². The van der Waals surface area contributed by atoms with E-state index in [1.54, 1.807) is 0 Å². The molecule has 9 heteroatoms. The number of benzene rings is 1. The molecule has 0 aliphatic carbocycles. The smallest absolute Gasteiger partial charge is 0.244 e. The second-order valence-electron chi connectivity index (χ2n) is 3.43. The van der Waals surface area contributed by atoms with Gasteiger partial charge in [-0.25, -0.2) is 12.8 Å². The number of amidine groups is 1. The van der Waals surface area contributed by atoms with Crippen LogP contribution >= 0.6 is 11.6 Å². The van der Waals surface area contributed by atoms with Crippen LogP contribution in [-0.4, -0.2) is 37.4 Å². The topological polar surface area (TPSA) is 96.0 Å². The molecule has 100 valence electrons. The number of nitrogens with zero attached hydrogens (tertiary/aromatic N) is 2. The molecular weight excluding hydrogens is 285 g/mol. The molecule has 0 bridgehead atoms. The van der Waals surface area contributed by atoms with E-state index in [0.717, 1.165) is 22.5 Å². The zero-order chi connectivity index (χ0) is 13.9. The van der Waals surface area contributed by atoms with Crippen molar-refractivity contribution in [1.82, 2.24) is 4.31 Å². The minimum Gasteiger partial charge on any atom is -0.409 e. The first-order valence-corrected chi connectivity index (χ1v) is 6.48. The lowest BCUT2D eigenvalue weighted by Crippen LogP contribution is -2.35. The fourth-order valence-electron chi connectivity index (χ4n) is 1.19. The van der Waals surface area contributed by atoms with E-state index in [0.29, 0.717) is 0 Å². The predicted molar refractivity (Wildman–Crippen MR) is 64.6 cm³/mol. The molecule has 0 saturated carbocycles. The third-order valence-electron chi connectivity index (χ3n) is 2.09. The van der Waals surface area contributed by atoms with Crippen molar-refractivity contribution in [3.63, 3.8) is 0 Å². The molecule has 0 atom stereocenters. The van der Waals surface area contributed by atoms with Crippen LogP contribution in [-0.2, 0) is 10.0 Å². The Labute approximate surface area is 108 Å².